The molecule has 0 fully saturated rings. The topological polar surface area (TPSA) is 33.1 Å². The molecule has 0 saturated carbocycles. The van der Waals surface area contributed by atoms with Crippen molar-refractivity contribution in [3.05, 3.63) is 12.4 Å². The number of likely N-dealkylation sites (N-methyl/N-ethyl adjacent to an activating group) is 1. The van der Waals surface area contributed by atoms with Crippen LogP contribution in [-0.4, -0.2) is 40.4 Å². The molecule has 1 N–H and O–H groups in total. The van der Waals surface area contributed by atoms with Gasteiger partial charge >= 0.3 is 0 Å². The van der Waals surface area contributed by atoms with E-state index in [0.29, 0.717) is 6.04 Å². The van der Waals surface area contributed by atoms with Gasteiger partial charge in [-0.05, 0) is 26.4 Å². The van der Waals surface area contributed by atoms with Crippen LogP contribution in [0.25, 0.3) is 0 Å². The van der Waals surface area contributed by atoms with Gasteiger partial charge in [-0.15, -0.1) is 0 Å². The van der Waals surface area contributed by atoms with Gasteiger partial charge < -0.3 is 10.2 Å². The summed E-state index contributed by atoms with van der Waals surface area (Å²) in [6.07, 6.45) is 10.7. The van der Waals surface area contributed by atoms with Crippen molar-refractivity contribution in [1.29, 1.82) is 0 Å². The van der Waals surface area contributed by atoms with Gasteiger partial charge in [0.2, 0.25) is 0 Å². The molecule has 0 radical (unpaired) electrons. The van der Waals surface area contributed by atoms with E-state index in [4.69, 9.17) is 0 Å². The Kier molecular flexibility index (Phi) is 9.15. The van der Waals surface area contributed by atoms with Gasteiger partial charge in [-0.25, -0.2) is 0 Å². The van der Waals surface area contributed by atoms with Crippen molar-refractivity contribution in [2.24, 2.45) is 0 Å². The van der Waals surface area contributed by atoms with E-state index in [1.54, 1.807) is 0 Å². The van der Waals surface area contributed by atoms with Gasteiger partial charge in [-0.3, -0.25) is 4.68 Å². The Bertz CT molecular complexity index is 357. The first-order valence-corrected chi connectivity index (χ1v) is 8.70. The highest BCUT2D eigenvalue weighted by Gasteiger charge is 2.05. The number of hydrogen-bond donors (Lipinski definition) is 1. The maximum Gasteiger partial charge on any atom is 0.0728 e. The van der Waals surface area contributed by atoms with Crippen molar-refractivity contribution in [2.75, 3.05) is 25.0 Å². The fourth-order valence-corrected chi connectivity index (χ4v) is 2.58. The van der Waals surface area contributed by atoms with Crippen LogP contribution in [0, 0.1) is 0 Å². The minimum atomic E-state index is 0.530. The fourth-order valence-electron chi connectivity index (χ4n) is 2.58. The third-order valence-corrected chi connectivity index (χ3v) is 4.08. The molecule has 21 heavy (non-hydrogen) atoms. The lowest BCUT2D eigenvalue weighted by atomic mass is 10.1. The summed E-state index contributed by atoms with van der Waals surface area (Å²) in [4.78, 5) is 2.42. The Labute approximate surface area is 130 Å². The van der Waals surface area contributed by atoms with Gasteiger partial charge in [0.05, 0.1) is 18.4 Å². The molecule has 0 bridgehead atoms. The molecule has 122 valence electrons. The zero-order valence-electron chi connectivity index (χ0n) is 14.4. The Morgan fingerprint density at radius 2 is 1.95 bits per heavy atom. The van der Waals surface area contributed by atoms with Gasteiger partial charge in [-0.2, -0.15) is 5.10 Å². The standard InChI is InChI=1S/C17H34N4/c1-5-8-9-10-11-16(4)19-17-14-18-21(15-17)13-12-20(6-2)7-3/h14-16,19H,5-13H2,1-4H3. The molecule has 1 rings (SSSR count). The van der Waals surface area contributed by atoms with Gasteiger partial charge in [0.1, 0.15) is 0 Å². The van der Waals surface area contributed by atoms with Crippen molar-refractivity contribution < 1.29 is 0 Å². The Balaban J connectivity index is 2.27. The van der Waals surface area contributed by atoms with Crippen molar-refractivity contribution >= 4 is 5.69 Å². The SMILES string of the molecule is CCCCCCC(C)Nc1cnn(CCN(CC)CC)c1. The van der Waals surface area contributed by atoms with Crippen LogP contribution in [0.3, 0.4) is 0 Å². The maximum absolute atomic E-state index is 4.45. The van der Waals surface area contributed by atoms with Crippen LogP contribution in [0.4, 0.5) is 5.69 Å². The predicted molar refractivity (Wildman–Crippen MR) is 91.9 cm³/mol. The van der Waals surface area contributed by atoms with Crippen LogP contribution < -0.4 is 5.32 Å². The minimum Gasteiger partial charge on any atom is -0.380 e. The van der Waals surface area contributed by atoms with Crippen LogP contribution in [-0.2, 0) is 6.54 Å². The Hall–Kier alpha value is -1.03. The second-order valence-corrected chi connectivity index (χ2v) is 5.91. The van der Waals surface area contributed by atoms with E-state index < -0.39 is 0 Å². The molecule has 0 aromatic carbocycles. The molecule has 0 aliphatic carbocycles. The largest absolute Gasteiger partial charge is 0.380 e. The Morgan fingerprint density at radius 3 is 2.62 bits per heavy atom. The predicted octanol–water partition coefficient (Wildman–Crippen LogP) is 4.00. The summed E-state index contributed by atoms with van der Waals surface area (Å²) in [5.41, 5.74) is 1.15. The number of hydrogen-bond acceptors (Lipinski definition) is 3. The van der Waals surface area contributed by atoms with Crippen molar-refractivity contribution in [2.45, 2.75) is 72.4 Å². The molecule has 0 spiro atoms. The maximum atomic E-state index is 4.45. The second-order valence-electron chi connectivity index (χ2n) is 5.91. The van der Waals surface area contributed by atoms with E-state index in [2.05, 4.69) is 49.2 Å². The average molecular weight is 294 g/mol. The molecule has 0 aliphatic rings. The van der Waals surface area contributed by atoms with Crippen LogP contribution in [0.1, 0.15) is 59.8 Å². The summed E-state index contributed by atoms with van der Waals surface area (Å²) in [7, 11) is 0. The first-order chi connectivity index (χ1) is 10.2. The summed E-state index contributed by atoms with van der Waals surface area (Å²) < 4.78 is 2.05. The van der Waals surface area contributed by atoms with E-state index in [1.807, 2.05) is 10.9 Å². The lowest BCUT2D eigenvalue weighted by Crippen LogP contribution is -2.27. The van der Waals surface area contributed by atoms with E-state index >= 15 is 0 Å². The number of rotatable bonds is 12. The lowest BCUT2D eigenvalue weighted by Gasteiger charge is -2.17. The number of unbranched alkanes of at least 4 members (excludes halogenated alkanes) is 3. The van der Waals surface area contributed by atoms with E-state index in [-0.39, 0.29) is 0 Å². The highest BCUT2D eigenvalue weighted by Crippen LogP contribution is 2.11. The van der Waals surface area contributed by atoms with Crippen molar-refractivity contribution in [1.82, 2.24) is 14.7 Å². The van der Waals surface area contributed by atoms with E-state index in [1.165, 1.54) is 32.1 Å². The highest BCUT2D eigenvalue weighted by atomic mass is 15.3. The summed E-state index contributed by atoms with van der Waals surface area (Å²) in [6, 6.07) is 0.530. The molecule has 0 saturated heterocycles. The zero-order chi connectivity index (χ0) is 15.5. The molecule has 0 aliphatic heterocycles. The summed E-state index contributed by atoms with van der Waals surface area (Å²) in [6.45, 7) is 13.2. The monoisotopic (exact) mass is 294 g/mol. The Morgan fingerprint density at radius 1 is 1.19 bits per heavy atom. The van der Waals surface area contributed by atoms with Crippen LogP contribution in [0.5, 0.6) is 0 Å². The van der Waals surface area contributed by atoms with Crippen LogP contribution in [0.15, 0.2) is 12.4 Å². The van der Waals surface area contributed by atoms with Gasteiger partial charge in [-0.1, -0.05) is 46.5 Å². The summed E-state index contributed by atoms with van der Waals surface area (Å²) >= 11 is 0. The van der Waals surface area contributed by atoms with Gasteiger partial charge in [0, 0.05) is 18.8 Å². The van der Waals surface area contributed by atoms with Gasteiger partial charge in [0.15, 0.2) is 0 Å². The van der Waals surface area contributed by atoms with Crippen LogP contribution >= 0.6 is 0 Å². The second kappa shape index (κ2) is 10.7. The van der Waals surface area contributed by atoms with E-state index in [0.717, 1.165) is 31.9 Å². The molecular formula is C17H34N4. The van der Waals surface area contributed by atoms with Crippen LogP contribution in [0.2, 0.25) is 0 Å². The zero-order valence-corrected chi connectivity index (χ0v) is 14.4. The third kappa shape index (κ3) is 7.51. The minimum absolute atomic E-state index is 0.530. The number of nitrogens with one attached hydrogen (secondary N) is 1. The van der Waals surface area contributed by atoms with Crippen molar-refractivity contribution in [3.63, 3.8) is 0 Å². The number of anilines is 1. The molecule has 1 unspecified atom stereocenters. The molecule has 4 nitrogen and oxygen atoms in total. The summed E-state index contributed by atoms with van der Waals surface area (Å²) in [5, 5.41) is 8.00. The third-order valence-electron chi connectivity index (χ3n) is 4.08. The number of aromatic nitrogens is 2. The normalized spacial score (nSPS) is 12.8. The molecule has 1 atom stereocenters. The first kappa shape index (κ1) is 18.0. The molecular weight excluding hydrogens is 260 g/mol. The fraction of sp³-hybridized carbons (Fsp3) is 0.824. The molecule has 1 aromatic rings. The average Bonchev–Trinajstić information content (AvgIpc) is 2.92. The highest BCUT2D eigenvalue weighted by molar-refractivity contribution is 5.38. The lowest BCUT2D eigenvalue weighted by molar-refractivity contribution is 0.285. The molecule has 1 aromatic heterocycles. The van der Waals surface area contributed by atoms with Gasteiger partial charge in [0.25, 0.3) is 0 Å². The molecule has 1 heterocycles. The smallest absolute Gasteiger partial charge is 0.0728 e. The summed E-state index contributed by atoms with van der Waals surface area (Å²) in [5.74, 6) is 0. The molecule has 4 heteroatoms. The number of nitrogens with zero attached hydrogens (tertiary/aromatic N) is 3. The molecule has 0 amide bonds. The first-order valence-electron chi connectivity index (χ1n) is 8.70. The van der Waals surface area contributed by atoms with E-state index in [9.17, 15) is 0 Å². The van der Waals surface area contributed by atoms with Crippen molar-refractivity contribution in [3.8, 4) is 0 Å². The quantitative estimate of drug-likeness (QED) is 0.592.